The Balaban J connectivity index is 2.39. The lowest BCUT2D eigenvalue weighted by Gasteiger charge is -2.36. The topological polar surface area (TPSA) is 113 Å². The number of rotatable bonds is 4. The highest BCUT2D eigenvalue weighted by Gasteiger charge is 2.38. The van der Waals surface area contributed by atoms with Gasteiger partial charge in [-0.1, -0.05) is 12.1 Å². The summed E-state index contributed by atoms with van der Waals surface area (Å²) in [6.07, 6.45) is -0.184. The summed E-state index contributed by atoms with van der Waals surface area (Å²) in [5.41, 5.74) is 7.41. The Kier molecular flexibility index (Phi) is 4.49. The maximum Gasteiger partial charge on any atom is 0.244 e. The molecule has 2 rings (SSSR count). The Bertz CT molecular complexity index is 593. The summed E-state index contributed by atoms with van der Waals surface area (Å²) < 4.78 is 0. The second-order valence-corrected chi connectivity index (χ2v) is 5.84. The first-order chi connectivity index (χ1) is 9.95. The largest absolute Gasteiger partial charge is 0.368 e. The van der Waals surface area contributed by atoms with Crippen molar-refractivity contribution in [1.29, 1.82) is 0 Å². The Labute approximate surface area is 125 Å². The number of carbonyl (C=O) groups excluding carboxylic acids is 3. The molecule has 7 nitrogen and oxygen atoms in total. The number of para-hydroxylation sites is 1. The van der Waals surface area contributed by atoms with E-state index >= 15 is 0 Å². The van der Waals surface area contributed by atoms with Gasteiger partial charge in [0.2, 0.25) is 17.7 Å². The first kappa shape index (κ1) is 15.3. The van der Waals surface area contributed by atoms with Crippen LogP contribution in [0.15, 0.2) is 29.2 Å². The minimum Gasteiger partial charge on any atom is -0.368 e. The number of hydrogen-bond donors (Lipinski definition) is 3. The molecule has 1 aromatic rings. The van der Waals surface area contributed by atoms with E-state index in [1.165, 1.54) is 29.1 Å². The molecule has 1 aliphatic heterocycles. The van der Waals surface area contributed by atoms with Crippen LogP contribution in [0.25, 0.3) is 0 Å². The minimum atomic E-state index is -0.820. The molecule has 1 aliphatic rings. The number of benzene rings is 1. The summed E-state index contributed by atoms with van der Waals surface area (Å²) >= 11 is 1.23. The molecule has 2 atom stereocenters. The number of nitrogens with one attached hydrogen (secondary N) is 1. The number of anilines is 1. The summed E-state index contributed by atoms with van der Waals surface area (Å²) in [6, 6.07) is 6.27. The first-order valence-electron chi connectivity index (χ1n) is 6.26. The van der Waals surface area contributed by atoms with Crippen LogP contribution in [-0.2, 0) is 14.4 Å². The molecule has 8 heteroatoms. The molecule has 1 aromatic carbocycles. The summed E-state index contributed by atoms with van der Waals surface area (Å²) in [7, 11) is 0. The summed E-state index contributed by atoms with van der Waals surface area (Å²) in [4.78, 5) is 37.4. The molecular weight excluding hydrogens is 294 g/mol. The smallest absolute Gasteiger partial charge is 0.244 e. The predicted octanol–water partition coefficient (Wildman–Crippen LogP) is 0.263. The van der Waals surface area contributed by atoms with Crippen LogP contribution >= 0.6 is 11.8 Å². The van der Waals surface area contributed by atoms with Crippen LogP contribution in [0.1, 0.15) is 13.3 Å². The maximum atomic E-state index is 12.5. The number of fused-ring (bicyclic) bond motifs is 1. The average molecular weight is 309 g/mol. The van der Waals surface area contributed by atoms with Gasteiger partial charge in [-0.15, -0.1) is 11.8 Å². The number of hydroxylamine groups is 1. The van der Waals surface area contributed by atoms with Gasteiger partial charge >= 0.3 is 0 Å². The average Bonchev–Trinajstić information content (AvgIpc) is 2.47. The van der Waals surface area contributed by atoms with Gasteiger partial charge in [0.25, 0.3) is 0 Å². The van der Waals surface area contributed by atoms with Gasteiger partial charge in [0, 0.05) is 11.3 Å². The SMILES string of the molecule is CC(C(N)=O)N1C(=O)C(CC(=O)NO)Sc2ccccc21. The molecule has 21 heavy (non-hydrogen) atoms. The van der Waals surface area contributed by atoms with Gasteiger partial charge in [-0.2, -0.15) is 0 Å². The van der Waals surface area contributed by atoms with Crippen LogP contribution in [0.5, 0.6) is 0 Å². The molecule has 0 saturated heterocycles. The number of primary amides is 1. The van der Waals surface area contributed by atoms with Gasteiger partial charge in [0.1, 0.15) is 6.04 Å². The zero-order valence-electron chi connectivity index (χ0n) is 11.3. The Hall–Kier alpha value is -2.06. The monoisotopic (exact) mass is 309 g/mol. The molecule has 3 amide bonds. The molecule has 2 unspecified atom stereocenters. The molecule has 0 saturated carbocycles. The van der Waals surface area contributed by atoms with E-state index < -0.39 is 23.1 Å². The van der Waals surface area contributed by atoms with Crippen molar-refractivity contribution in [2.24, 2.45) is 5.73 Å². The van der Waals surface area contributed by atoms with E-state index in [0.717, 1.165) is 4.90 Å². The number of nitrogens with two attached hydrogens (primary N) is 1. The highest BCUT2D eigenvalue weighted by atomic mass is 32.2. The highest BCUT2D eigenvalue weighted by Crippen LogP contribution is 2.41. The van der Waals surface area contributed by atoms with E-state index in [0.29, 0.717) is 5.69 Å². The third-order valence-electron chi connectivity index (χ3n) is 3.20. The van der Waals surface area contributed by atoms with Crippen LogP contribution in [0.2, 0.25) is 0 Å². The van der Waals surface area contributed by atoms with Crippen molar-refractivity contribution in [1.82, 2.24) is 5.48 Å². The summed E-state index contributed by atoms with van der Waals surface area (Å²) in [5.74, 6) is -1.67. The number of hydrogen-bond acceptors (Lipinski definition) is 5. The number of thioether (sulfide) groups is 1. The lowest BCUT2D eigenvalue weighted by molar-refractivity contribution is -0.131. The number of carbonyl (C=O) groups is 3. The van der Waals surface area contributed by atoms with Gasteiger partial charge in [0.15, 0.2) is 0 Å². The van der Waals surface area contributed by atoms with Gasteiger partial charge in [-0.05, 0) is 19.1 Å². The van der Waals surface area contributed by atoms with E-state index in [-0.39, 0.29) is 12.3 Å². The van der Waals surface area contributed by atoms with E-state index in [9.17, 15) is 14.4 Å². The minimum absolute atomic E-state index is 0.184. The molecule has 0 bridgehead atoms. The van der Waals surface area contributed by atoms with Gasteiger partial charge in [0.05, 0.1) is 10.9 Å². The molecule has 112 valence electrons. The van der Waals surface area contributed by atoms with Crippen LogP contribution in [0.3, 0.4) is 0 Å². The van der Waals surface area contributed by atoms with Crippen LogP contribution in [0, 0.1) is 0 Å². The Morgan fingerprint density at radius 3 is 2.76 bits per heavy atom. The van der Waals surface area contributed by atoms with Crippen molar-refractivity contribution >= 4 is 35.2 Å². The lowest BCUT2D eigenvalue weighted by Crippen LogP contribution is -2.52. The molecule has 4 N–H and O–H groups in total. The zero-order chi connectivity index (χ0) is 15.6. The number of amides is 3. The normalized spacial score (nSPS) is 18.9. The van der Waals surface area contributed by atoms with Crippen LogP contribution < -0.4 is 16.1 Å². The first-order valence-corrected chi connectivity index (χ1v) is 7.14. The van der Waals surface area contributed by atoms with Gasteiger partial charge in [-0.3, -0.25) is 24.5 Å². The van der Waals surface area contributed by atoms with Crippen LogP contribution in [-0.4, -0.2) is 34.2 Å². The van der Waals surface area contributed by atoms with E-state index in [2.05, 4.69) is 0 Å². The van der Waals surface area contributed by atoms with Crippen molar-refractivity contribution in [2.75, 3.05) is 4.90 Å². The molecule has 0 spiro atoms. The lowest BCUT2D eigenvalue weighted by atomic mass is 10.1. The molecular formula is C13H15N3O4S. The quantitative estimate of drug-likeness (QED) is 0.545. The fraction of sp³-hybridized carbons (Fsp3) is 0.308. The molecule has 0 aromatic heterocycles. The predicted molar refractivity (Wildman–Crippen MR) is 76.8 cm³/mol. The van der Waals surface area contributed by atoms with Crippen LogP contribution in [0.4, 0.5) is 5.69 Å². The third-order valence-corrected chi connectivity index (χ3v) is 4.45. The summed E-state index contributed by atoms with van der Waals surface area (Å²) in [6.45, 7) is 1.54. The highest BCUT2D eigenvalue weighted by molar-refractivity contribution is 8.01. The third kappa shape index (κ3) is 3.01. The van der Waals surface area contributed by atoms with Crippen molar-refractivity contribution in [3.63, 3.8) is 0 Å². The van der Waals surface area contributed by atoms with E-state index in [4.69, 9.17) is 10.9 Å². The van der Waals surface area contributed by atoms with Gasteiger partial charge in [-0.25, -0.2) is 5.48 Å². The van der Waals surface area contributed by atoms with Crippen molar-refractivity contribution < 1.29 is 19.6 Å². The van der Waals surface area contributed by atoms with Gasteiger partial charge < -0.3 is 5.73 Å². The van der Waals surface area contributed by atoms with Crippen molar-refractivity contribution in [3.8, 4) is 0 Å². The molecule has 1 heterocycles. The summed E-state index contributed by atoms with van der Waals surface area (Å²) in [5, 5.41) is 7.89. The molecule has 0 radical (unpaired) electrons. The van der Waals surface area contributed by atoms with E-state index in [1.54, 1.807) is 24.3 Å². The Morgan fingerprint density at radius 2 is 2.14 bits per heavy atom. The fourth-order valence-corrected chi connectivity index (χ4v) is 3.30. The standard InChI is InChI=1S/C13H15N3O4S/c1-7(12(14)18)16-8-4-2-3-5-9(8)21-10(13(16)19)6-11(17)15-20/h2-5,7,10,20H,6H2,1H3,(H2,14,18)(H,15,17). The second kappa shape index (κ2) is 6.15. The number of nitrogens with zero attached hydrogens (tertiary/aromatic N) is 1. The van der Waals surface area contributed by atoms with Crippen molar-refractivity contribution in [3.05, 3.63) is 24.3 Å². The fourth-order valence-electron chi connectivity index (χ4n) is 2.10. The molecule has 0 aliphatic carbocycles. The van der Waals surface area contributed by atoms with Crippen molar-refractivity contribution in [2.45, 2.75) is 29.5 Å². The maximum absolute atomic E-state index is 12.5. The van der Waals surface area contributed by atoms with E-state index in [1.807, 2.05) is 0 Å². The Morgan fingerprint density at radius 1 is 1.48 bits per heavy atom. The molecule has 0 fully saturated rings. The second-order valence-electron chi connectivity index (χ2n) is 4.60. The zero-order valence-corrected chi connectivity index (χ0v) is 12.1.